The lowest BCUT2D eigenvalue weighted by molar-refractivity contribution is -0.117. The minimum absolute atomic E-state index is 0.158. The molecule has 0 saturated carbocycles. The van der Waals surface area contributed by atoms with Crippen LogP contribution in [0.15, 0.2) is 24.3 Å². The first-order chi connectivity index (χ1) is 11.0. The quantitative estimate of drug-likeness (QED) is 0.804. The summed E-state index contributed by atoms with van der Waals surface area (Å²) in [7, 11) is 0. The molecule has 0 bridgehead atoms. The summed E-state index contributed by atoms with van der Waals surface area (Å²) >= 11 is 3.21. The van der Waals surface area contributed by atoms with Gasteiger partial charge < -0.3 is 11.1 Å². The van der Waals surface area contributed by atoms with Gasteiger partial charge in [0.2, 0.25) is 5.91 Å². The van der Waals surface area contributed by atoms with Crippen molar-refractivity contribution in [3.8, 4) is 0 Å². The van der Waals surface area contributed by atoms with Gasteiger partial charge in [-0.25, -0.2) is 4.98 Å². The number of nitrogens with one attached hydrogen (secondary N) is 1. The highest BCUT2D eigenvalue weighted by atomic mass is 32.2. The van der Waals surface area contributed by atoms with Crippen molar-refractivity contribution < 1.29 is 4.79 Å². The highest BCUT2D eigenvalue weighted by Gasteiger charge is 2.16. The van der Waals surface area contributed by atoms with E-state index in [-0.39, 0.29) is 5.91 Å². The number of nitrogens with two attached hydrogens (primary N) is 1. The van der Waals surface area contributed by atoms with E-state index >= 15 is 0 Å². The Morgan fingerprint density at radius 1 is 1.35 bits per heavy atom. The van der Waals surface area contributed by atoms with Crippen LogP contribution in [0.25, 0.3) is 0 Å². The molecule has 2 rings (SSSR count). The van der Waals surface area contributed by atoms with E-state index in [1.165, 1.54) is 27.3 Å². The zero-order valence-corrected chi connectivity index (χ0v) is 15.4. The molecule has 4 nitrogen and oxygen atoms in total. The number of nitrogens with zero attached hydrogens (tertiary/aromatic N) is 1. The Morgan fingerprint density at radius 3 is 2.70 bits per heavy atom. The molecule has 0 unspecified atom stereocenters. The summed E-state index contributed by atoms with van der Waals surface area (Å²) in [6, 6.07) is 8.00. The predicted molar refractivity (Wildman–Crippen MR) is 100 cm³/mol. The number of carbonyl (C=O) groups excluding carboxylic acids is 1. The predicted octanol–water partition coefficient (Wildman–Crippen LogP) is 3.37. The Morgan fingerprint density at radius 2 is 2.04 bits per heavy atom. The van der Waals surface area contributed by atoms with Gasteiger partial charge in [-0.2, -0.15) is 11.8 Å². The Labute approximate surface area is 145 Å². The Bertz CT molecular complexity index is 652. The Kier molecular flexibility index (Phi) is 6.62. The maximum absolute atomic E-state index is 12.1. The number of anilines is 1. The van der Waals surface area contributed by atoms with Crippen LogP contribution < -0.4 is 11.1 Å². The van der Waals surface area contributed by atoms with E-state index < -0.39 is 6.04 Å². The number of amides is 1. The van der Waals surface area contributed by atoms with Gasteiger partial charge in [0.15, 0.2) is 5.13 Å². The van der Waals surface area contributed by atoms with E-state index in [1.54, 1.807) is 11.8 Å². The highest BCUT2D eigenvalue weighted by Crippen LogP contribution is 2.25. The minimum Gasteiger partial charge on any atom is -0.320 e. The number of aromatic nitrogens is 1. The van der Waals surface area contributed by atoms with Crippen molar-refractivity contribution >= 4 is 34.1 Å². The smallest absolute Gasteiger partial charge is 0.243 e. The summed E-state index contributed by atoms with van der Waals surface area (Å²) in [4.78, 5) is 17.7. The molecule has 0 spiro atoms. The molecule has 124 valence electrons. The fourth-order valence-electron chi connectivity index (χ4n) is 2.11. The summed E-state index contributed by atoms with van der Waals surface area (Å²) < 4.78 is 0. The normalized spacial score (nSPS) is 12.2. The van der Waals surface area contributed by atoms with Crippen LogP contribution in [-0.2, 0) is 11.2 Å². The molecule has 1 heterocycles. The topological polar surface area (TPSA) is 68.0 Å². The lowest BCUT2D eigenvalue weighted by Crippen LogP contribution is -2.36. The standard InChI is InChI=1S/C17H23N3OS2/c1-11-4-6-13(7-5-11)10-15-12(2)19-17(23-15)20-16(21)14(18)8-9-22-3/h4-7,14H,8-10,18H2,1-3H3,(H,19,20,21)/t14-/m0/s1. The Hall–Kier alpha value is -1.37. The molecule has 3 N–H and O–H groups in total. The molecule has 0 radical (unpaired) electrons. The van der Waals surface area contributed by atoms with Gasteiger partial charge in [0.1, 0.15) is 0 Å². The lowest BCUT2D eigenvalue weighted by Gasteiger charge is -2.09. The van der Waals surface area contributed by atoms with Crippen molar-refractivity contribution in [3.63, 3.8) is 0 Å². The van der Waals surface area contributed by atoms with Crippen LogP contribution in [0.2, 0.25) is 0 Å². The van der Waals surface area contributed by atoms with Crippen molar-refractivity contribution in [2.75, 3.05) is 17.3 Å². The number of hydrogen-bond donors (Lipinski definition) is 2. The van der Waals surface area contributed by atoms with Crippen LogP contribution in [-0.4, -0.2) is 28.9 Å². The number of benzene rings is 1. The molecule has 0 aliphatic heterocycles. The van der Waals surface area contributed by atoms with Gasteiger partial charge >= 0.3 is 0 Å². The van der Waals surface area contributed by atoms with Gasteiger partial charge in [-0.1, -0.05) is 29.8 Å². The second-order valence-electron chi connectivity index (χ2n) is 5.57. The lowest BCUT2D eigenvalue weighted by atomic mass is 10.1. The number of aryl methyl sites for hydroxylation is 2. The van der Waals surface area contributed by atoms with Crippen LogP contribution in [0, 0.1) is 13.8 Å². The van der Waals surface area contributed by atoms with Crippen molar-refractivity contribution in [2.24, 2.45) is 5.73 Å². The first-order valence-electron chi connectivity index (χ1n) is 7.57. The van der Waals surface area contributed by atoms with E-state index in [9.17, 15) is 4.79 Å². The van der Waals surface area contributed by atoms with Gasteiger partial charge in [0.25, 0.3) is 0 Å². The van der Waals surface area contributed by atoms with Gasteiger partial charge in [0, 0.05) is 11.3 Å². The third kappa shape index (κ3) is 5.34. The van der Waals surface area contributed by atoms with Gasteiger partial charge in [-0.15, -0.1) is 11.3 Å². The number of rotatable bonds is 7. The summed E-state index contributed by atoms with van der Waals surface area (Å²) in [6.45, 7) is 4.05. The average molecular weight is 350 g/mol. The summed E-state index contributed by atoms with van der Waals surface area (Å²) in [5.41, 5.74) is 9.35. The molecule has 0 aliphatic rings. The third-order valence-electron chi connectivity index (χ3n) is 3.58. The van der Waals surface area contributed by atoms with Crippen LogP contribution in [0.3, 0.4) is 0 Å². The van der Waals surface area contributed by atoms with Crippen molar-refractivity contribution in [1.82, 2.24) is 4.98 Å². The van der Waals surface area contributed by atoms with Crippen LogP contribution in [0.4, 0.5) is 5.13 Å². The number of carbonyl (C=O) groups is 1. The van der Waals surface area contributed by atoms with E-state index in [0.717, 1.165) is 17.9 Å². The maximum atomic E-state index is 12.1. The minimum atomic E-state index is -0.479. The molecule has 23 heavy (non-hydrogen) atoms. The first-order valence-corrected chi connectivity index (χ1v) is 9.78. The van der Waals surface area contributed by atoms with Crippen molar-refractivity contribution in [1.29, 1.82) is 0 Å². The summed E-state index contributed by atoms with van der Waals surface area (Å²) in [5, 5.41) is 3.47. The van der Waals surface area contributed by atoms with E-state index in [1.807, 2.05) is 13.2 Å². The van der Waals surface area contributed by atoms with E-state index in [4.69, 9.17) is 5.73 Å². The van der Waals surface area contributed by atoms with Crippen LogP contribution in [0.1, 0.15) is 28.1 Å². The van der Waals surface area contributed by atoms with Gasteiger partial charge in [-0.05, 0) is 37.8 Å². The number of thioether (sulfide) groups is 1. The first kappa shape index (κ1) is 18.0. The average Bonchev–Trinajstić information content (AvgIpc) is 2.86. The molecule has 2 aromatic rings. The zero-order chi connectivity index (χ0) is 16.8. The van der Waals surface area contributed by atoms with Crippen molar-refractivity contribution in [2.45, 2.75) is 32.7 Å². The molecule has 0 fully saturated rings. The summed E-state index contributed by atoms with van der Waals surface area (Å²) in [6.07, 6.45) is 3.51. The van der Waals surface area contributed by atoms with Crippen LogP contribution >= 0.6 is 23.1 Å². The maximum Gasteiger partial charge on any atom is 0.243 e. The van der Waals surface area contributed by atoms with Gasteiger partial charge in [-0.3, -0.25) is 4.79 Å². The fraction of sp³-hybridized carbons (Fsp3) is 0.412. The summed E-state index contributed by atoms with van der Waals surface area (Å²) in [5.74, 6) is 0.721. The second kappa shape index (κ2) is 8.47. The SMILES string of the molecule is CSCC[C@H](N)C(=O)Nc1nc(C)c(Cc2ccc(C)cc2)s1. The fourth-order valence-corrected chi connectivity index (χ4v) is 3.60. The third-order valence-corrected chi connectivity index (χ3v) is 5.29. The Balaban J connectivity index is 2.00. The molecular formula is C17H23N3OS2. The highest BCUT2D eigenvalue weighted by molar-refractivity contribution is 7.98. The van der Waals surface area contributed by atoms with Crippen LogP contribution in [0.5, 0.6) is 0 Å². The molecule has 6 heteroatoms. The molecule has 1 aromatic heterocycles. The molecule has 0 aliphatic carbocycles. The van der Waals surface area contributed by atoms with Crippen molar-refractivity contribution in [3.05, 3.63) is 46.0 Å². The second-order valence-corrected chi connectivity index (χ2v) is 7.64. The molecule has 0 saturated heterocycles. The number of hydrogen-bond acceptors (Lipinski definition) is 5. The zero-order valence-electron chi connectivity index (χ0n) is 13.8. The largest absolute Gasteiger partial charge is 0.320 e. The number of thiazole rings is 1. The van der Waals surface area contributed by atoms with Gasteiger partial charge in [0.05, 0.1) is 11.7 Å². The van der Waals surface area contributed by atoms with E-state index in [0.29, 0.717) is 11.6 Å². The molecule has 1 amide bonds. The van der Waals surface area contributed by atoms with E-state index in [2.05, 4.69) is 41.5 Å². The molecule has 1 atom stereocenters. The monoisotopic (exact) mass is 349 g/mol. The molecular weight excluding hydrogens is 326 g/mol. The molecule has 1 aromatic carbocycles.